The van der Waals surface area contributed by atoms with Gasteiger partial charge in [0, 0.05) is 36.8 Å². The average Bonchev–Trinajstić information content (AvgIpc) is 2.71. The van der Waals surface area contributed by atoms with Gasteiger partial charge in [-0.2, -0.15) is 0 Å². The number of rotatable bonds is 8. The van der Waals surface area contributed by atoms with Crippen molar-refractivity contribution in [1.29, 1.82) is 0 Å². The second kappa shape index (κ2) is 10.5. The van der Waals surface area contributed by atoms with E-state index >= 15 is 0 Å². The molecule has 3 nitrogen and oxygen atoms in total. The number of hydrogen-bond donors (Lipinski definition) is 0. The van der Waals surface area contributed by atoms with E-state index in [1.807, 2.05) is 23.1 Å². The van der Waals surface area contributed by atoms with Crippen LogP contribution in [-0.4, -0.2) is 36.3 Å². The number of ether oxygens (including phenoxy) is 1. The average molecular weight is 384 g/mol. The van der Waals surface area contributed by atoms with Crippen molar-refractivity contribution in [2.45, 2.75) is 37.7 Å². The lowest BCUT2D eigenvalue weighted by atomic mass is 9.97. The molecule has 0 aliphatic carbocycles. The van der Waals surface area contributed by atoms with E-state index in [1.165, 1.54) is 16.0 Å². The largest absolute Gasteiger partial charge is 0.376 e. The Kier molecular flexibility index (Phi) is 7.79. The minimum absolute atomic E-state index is 0.290. The van der Waals surface area contributed by atoms with E-state index in [4.69, 9.17) is 4.74 Å². The van der Waals surface area contributed by atoms with Crippen molar-refractivity contribution in [3.63, 3.8) is 0 Å². The minimum Gasteiger partial charge on any atom is -0.376 e. The molecule has 0 N–H and O–H groups in total. The summed E-state index contributed by atoms with van der Waals surface area (Å²) in [5.74, 6) is 1.71. The number of hydrogen-bond acceptors (Lipinski definition) is 3. The lowest BCUT2D eigenvalue weighted by molar-refractivity contribution is -0.132. The van der Waals surface area contributed by atoms with Crippen LogP contribution in [0.1, 0.15) is 30.4 Å². The zero-order valence-corrected chi connectivity index (χ0v) is 16.9. The highest BCUT2D eigenvalue weighted by molar-refractivity contribution is 7.99. The number of aryl methyl sites for hydroxylation is 1. The first kappa shape index (κ1) is 20.0. The molecule has 1 fully saturated rings. The third-order valence-corrected chi connectivity index (χ3v) is 6.05. The summed E-state index contributed by atoms with van der Waals surface area (Å²) in [6, 6.07) is 18.8. The third kappa shape index (κ3) is 6.71. The van der Waals surface area contributed by atoms with E-state index in [-0.39, 0.29) is 0 Å². The van der Waals surface area contributed by atoms with Gasteiger partial charge in [0.2, 0.25) is 5.91 Å². The van der Waals surface area contributed by atoms with Crippen LogP contribution in [0.15, 0.2) is 59.5 Å². The Morgan fingerprint density at radius 3 is 2.48 bits per heavy atom. The van der Waals surface area contributed by atoms with Gasteiger partial charge in [0.15, 0.2) is 0 Å². The van der Waals surface area contributed by atoms with Crippen LogP contribution in [-0.2, 0) is 16.1 Å². The zero-order valence-electron chi connectivity index (χ0n) is 16.1. The summed E-state index contributed by atoms with van der Waals surface area (Å²) in [6.45, 7) is 5.30. The van der Waals surface area contributed by atoms with E-state index in [2.05, 4.69) is 43.3 Å². The van der Waals surface area contributed by atoms with E-state index in [1.54, 1.807) is 11.8 Å². The first-order valence-corrected chi connectivity index (χ1v) is 10.8. The van der Waals surface area contributed by atoms with Crippen LogP contribution >= 0.6 is 11.8 Å². The van der Waals surface area contributed by atoms with Crippen LogP contribution in [0.25, 0.3) is 0 Å². The number of nitrogens with zero attached hydrogens (tertiary/aromatic N) is 1. The van der Waals surface area contributed by atoms with Gasteiger partial charge in [-0.05, 0) is 43.4 Å². The topological polar surface area (TPSA) is 29.5 Å². The Bertz CT molecular complexity index is 694. The summed E-state index contributed by atoms with van der Waals surface area (Å²) < 4.78 is 5.87. The molecule has 0 saturated carbocycles. The molecule has 2 aromatic rings. The summed E-state index contributed by atoms with van der Waals surface area (Å²) in [7, 11) is 0. The summed E-state index contributed by atoms with van der Waals surface area (Å²) in [5.41, 5.74) is 2.49. The van der Waals surface area contributed by atoms with Gasteiger partial charge in [-0.25, -0.2) is 0 Å². The van der Waals surface area contributed by atoms with Crippen LogP contribution < -0.4 is 0 Å². The summed E-state index contributed by atoms with van der Waals surface area (Å²) >= 11 is 1.76. The van der Waals surface area contributed by atoms with Gasteiger partial charge in [-0.1, -0.05) is 48.0 Å². The second-order valence-corrected chi connectivity index (χ2v) is 8.40. The molecule has 1 aliphatic heterocycles. The first-order valence-electron chi connectivity index (χ1n) is 9.79. The van der Waals surface area contributed by atoms with Crippen LogP contribution in [0.5, 0.6) is 0 Å². The van der Waals surface area contributed by atoms with Crippen molar-refractivity contribution in [3.05, 3.63) is 65.7 Å². The Balaban J connectivity index is 1.30. The molecule has 2 aromatic carbocycles. The first-order chi connectivity index (χ1) is 13.2. The van der Waals surface area contributed by atoms with Crippen LogP contribution in [0.2, 0.25) is 0 Å². The molecule has 0 unspecified atom stereocenters. The fourth-order valence-corrected chi connectivity index (χ4v) is 4.16. The van der Waals surface area contributed by atoms with Gasteiger partial charge in [-0.15, -0.1) is 11.8 Å². The Morgan fingerprint density at radius 2 is 1.78 bits per heavy atom. The van der Waals surface area contributed by atoms with E-state index in [0.717, 1.165) is 38.3 Å². The van der Waals surface area contributed by atoms with Crippen molar-refractivity contribution in [2.75, 3.05) is 25.4 Å². The molecule has 0 radical (unpaired) electrons. The molecule has 0 spiro atoms. The smallest absolute Gasteiger partial charge is 0.223 e. The van der Waals surface area contributed by atoms with Crippen LogP contribution in [0.4, 0.5) is 0 Å². The lowest BCUT2D eigenvalue weighted by Crippen LogP contribution is -2.39. The van der Waals surface area contributed by atoms with Crippen molar-refractivity contribution in [2.24, 2.45) is 5.92 Å². The quantitative estimate of drug-likeness (QED) is 0.605. The minimum atomic E-state index is 0.290. The monoisotopic (exact) mass is 383 g/mol. The molecule has 0 aromatic heterocycles. The predicted octanol–water partition coefficient (Wildman–Crippen LogP) is 4.93. The lowest BCUT2D eigenvalue weighted by Gasteiger charge is -2.32. The van der Waals surface area contributed by atoms with Gasteiger partial charge in [0.1, 0.15) is 0 Å². The molecular formula is C23H29NO2S. The number of thioether (sulfide) groups is 1. The zero-order chi connectivity index (χ0) is 18.9. The number of piperidine rings is 1. The molecule has 1 aliphatic rings. The predicted molar refractivity (Wildman–Crippen MR) is 112 cm³/mol. The Hall–Kier alpha value is -1.78. The highest BCUT2D eigenvalue weighted by atomic mass is 32.2. The maximum absolute atomic E-state index is 12.4. The maximum atomic E-state index is 12.4. The van der Waals surface area contributed by atoms with E-state index < -0.39 is 0 Å². The molecule has 4 heteroatoms. The number of amides is 1. The number of carbonyl (C=O) groups is 1. The standard InChI is InChI=1S/C23H29NO2S/c1-19-7-9-22(10-8-19)27-16-13-23(25)24-14-11-21(12-15-24)18-26-17-20-5-3-2-4-6-20/h2-10,21H,11-18H2,1H3. The molecule has 1 amide bonds. The number of benzene rings is 2. The SMILES string of the molecule is Cc1ccc(SCCC(=O)N2CCC(COCc3ccccc3)CC2)cc1. The molecule has 0 bridgehead atoms. The molecule has 0 atom stereocenters. The van der Waals surface area contributed by atoms with Gasteiger partial charge in [-0.3, -0.25) is 4.79 Å². The van der Waals surface area contributed by atoms with Crippen molar-refractivity contribution >= 4 is 17.7 Å². The van der Waals surface area contributed by atoms with E-state index in [9.17, 15) is 4.79 Å². The summed E-state index contributed by atoms with van der Waals surface area (Å²) in [4.78, 5) is 15.7. The molecular weight excluding hydrogens is 354 g/mol. The third-order valence-electron chi connectivity index (χ3n) is 5.04. The van der Waals surface area contributed by atoms with E-state index in [0.29, 0.717) is 24.9 Å². The Morgan fingerprint density at radius 1 is 1.07 bits per heavy atom. The second-order valence-electron chi connectivity index (χ2n) is 7.24. The number of carbonyl (C=O) groups excluding carboxylic acids is 1. The Labute approximate surface area is 167 Å². The summed E-state index contributed by atoms with van der Waals surface area (Å²) in [6.07, 6.45) is 2.71. The van der Waals surface area contributed by atoms with Gasteiger partial charge in [0.05, 0.1) is 6.61 Å². The van der Waals surface area contributed by atoms with Crippen LogP contribution in [0.3, 0.4) is 0 Å². The van der Waals surface area contributed by atoms with Crippen molar-refractivity contribution in [3.8, 4) is 0 Å². The van der Waals surface area contributed by atoms with Crippen molar-refractivity contribution < 1.29 is 9.53 Å². The molecule has 27 heavy (non-hydrogen) atoms. The highest BCUT2D eigenvalue weighted by Crippen LogP contribution is 2.22. The fraction of sp³-hybridized carbons (Fsp3) is 0.435. The highest BCUT2D eigenvalue weighted by Gasteiger charge is 2.22. The van der Waals surface area contributed by atoms with Gasteiger partial charge < -0.3 is 9.64 Å². The molecule has 1 saturated heterocycles. The van der Waals surface area contributed by atoms with Crippen LogP contribution in [0, 0.1) is 12.8 Å². The fourth-order valence-electron chi connectivity index (χ4n) is 3.32. The number of likely N-dealkylation sites (tertiary alicyclic amines) is 1. The maximum Gasteiger partial charge on any atom is 0.223 e. The summed E-state index contributed by atoms with van der Waals surface area (Å²) in [5, 5.41) is 0. The van der Waals surface area contributed by atoms with Gasteiger partial charge >= 0.3 is 0 Å². The molecule has 1 heterocycles. The molecule has 3 rings (SSSR count). The van der Waals surface area contributed by atoms with Crippen molar-refractivity contribution in [1.82, 2.24) is 4.90 Å². The normalized spacial score (nSPS) is 15.1. The molecule has 144 valence electrons. The van der Waals surface area contributed by atoms with Gasteiger partial charge in [0.25, 0.3) is 0 Å².